The molecular weight excluding hydrogens is 400 g/mol. The van der Waals surface area contributed by atoms with Gasteiger partial charge in [0.1, 0.15) is 0 Å². The van der Waals surface area contributed by atoms with Crippen molar-refractivity contribution in [1.29, 1.82) is 0 Å². The number of rotatable bonds is 6. The minimum absolute atomic E-state index is 0.208. The molecule has 0 spiro atoms. The molecule has 4 aromatic rings. The van der Waals surface area contributed by atoms with E-state index in [9.17, 15) is 9.59 Å². The quantitative estimate of drug-likeness (QED) is 0.427. The van der Waals surface area contributed by atoms with Crippen LogP contribution in [-0.2, 0) is 5.54 Å². The smallest absolute Gasteiger partial charge is 0.291 e. The summed E-state index contributed by atoms with van der Waals surface area (Å²) in [5.41, 5.74) is 3.05. The topological polar surface area (TPSA) is 71.3 Å². The van der Waals surface area contributed by atoms with E-state index in [2.05, 4.69) is 10.6 Å². The molecule has 0 saturated carbocycles. The van der Waals surface area contributed by atoms with Gasteiger partial charge < -0.3 is 15.1 Å². The Morgan fingerprint density at radius 3 is 1.97 bits per heavy atom. The fourth-order valence-electron chi connectivity index (χ4n) is 3.64. The lowest BCUT2D eigenvalue weighted by atomic mass is 9.84. The van der Waals surface area contributed by atoms with Crippen LogP contribution in [0.5, 0.6) is 0 Å². The molecule has 1 aromatic heterocycles. The summed E-state index contributed by atoms with van der Waals surface area (Å²) >= 11 is 0. The molecule has 2 N–H and O–H groups in total. The summed E-state index contributed by atoms with van der Waals surface area (Å²) in [6.07, 6.45) is 1.44. The van der Waals surface area contributed by atoms with Crippen LogP contribution in [0, 0.1) is 6.92 Å². The molecule has 0 unspecified atom stereocenters. The Morgan fingerprint density at radius 2 is 1.41 bits per heavy atom. The number of nitrogens with one attached hydrogen (secondary N) is 2. The van der Waals surface area contributed by atoms with Gasteiger partial charge in [-0.1, -0.05) is 66.7 Å². The highest BCUT2D eigenvalue weighted by Crippen LogP contribution is 2.30. The number of carbonyl (C=O) groups excluding carboxylic acids is 2. The van der Waals surface area contributed by atoms with Crippen molar-refractivity contribution >= 4 is 17.5 Å². The number of carbonyl (C=O) groups is 2. The average molecular weight is 425 g/mol. The third-order valence-corrected chi connectivity index (χ3v) is 5.56. The summed E-state index contributed by atoms with van der Waals surface area (Å²) in [5, 5.41) is 6.02. The lowest BCUT2D eigenvalue weighted by Crippen LogP contribution is -2.44. The summed E-state index contributed by atoms with van der Waals surface area (Å²) in [4.78, 5) is 25.7. The van der Waals surface area contributed by atoms with Crippen LogP contribution in [-0.4, -0.2) is 11.8 Å². The van der Waals surface area contributed by atoms with Crippen LogP contribution >= 0.6 is 0 Å². The number of benzene rings is 3. The van der Waals surface area contributed by atoms with Crippen LogP contribution in [0.4, 0.5) is 5.69 Å². The molecule has 0 aliphatic rings. The predicted molar refractivity (Wildman–Crippen MR) is 125 cm³/mol. The monoisotopic (exact) mass is 424 g/mol. The second-order valence-electron chi connectivity index (χ2n) is 7.77. The molecule has 5 nitrogen and oxygen atoms in total. The molecule has 2 amide bonds. The maximum absolute atomic E-state index is 13.3. The normalized spacial score (nSPS) is 11.1. The van der Waals surface area contributed by atoms with Crippen molar-refractivity contribution in [1.82, 2.24) is 5.32 Å². The Hall–Kier alpha value is -4.12. The highest BCUT2D eigenvalue weighted by Gasteiger charge is 2.31. The van der Waals surface area contributed by atoms with Gasteiger partial charge in [-0.15, -0.1) is 0 Å². The van der Waals surface area contributed by atoms with Gasteiger partial charge in [0, 0.05) is 11.3 Å². The highest BCUT2D eigenvalue weighted by molar-refractivity contribution is 6.04. The summed E-state index contributed by atoms with van der Waals surface area (Å²) in [5.74, 6) is -0.400. The molecular formula is C27H24N2O3. The van der Waals surface area contributed by atoms with Crippen LogP contribution in [0.25, 0.3) is 0 Å². The van der Waals surface area contributed by atoms with Gasteiger partial charge in [-0.05, 0) is 54.8 Å². The summed E-state index contributed by atoms with van der Waals surface area (Å²) in [6.45, 7) is 3.86. The Bertz CT molecular complexity index is 1180. The summed E-state index contributed by atoms with van der Waals surface area (Å²) in [7, 11) is 0. The van der Waals surface area contributed by atoms with Crippen LogP contribution < -0.4 is 10.6 Å². The molecule has 1 heterocycles. The lowest BCUT2D eigenvalue weighted by Gasteiger charge is -2.32. The van der Waals surface area contributed by atoms with Gasteiger partial charge in [-0.25, -0.2) is 0 Å². The zero-order chi connectivity index (χ0) is 22.6. The van der Waals surface area contributed by atoms with Crippen molar-refractivity contribution in [3.8, 4) is 0 Å². The van der Waals surface area contributed by atoms with Crippen LogP contribution in [0.3, 0.4) is 0 Å². The molecule has 0 bridgehead atoms. The highest BCUT2D eigenvalue weighted by atomic mass is 16.3. The van der Waals surface area contributed by atoms with E-state index in [0.29, 0.717) is 11.3 Å². The zero-order valence-electron chi connectivity index (χ0n) is 18.0. The predicted octanol–water partition coefficient (Wildman–Crippen LogP) is 5.53. The lowest BCUT2D eigenvalue weighted by molar-refractivity contribution is 0.0917. The second-order valence-corrected chi connectivity index (χ2v) is 7.77. The first kappa shape index (κ1) is 21.1. The minimum atomic E-state index is -0.734. The molecule has 32 heavy (non-hydrogen) atoms. The van der Waals surface area contributed by atoms with E-state index in [-0.39, 0.29) is 17.6 Å². The van der Waals surface area contributed by atoms with Gasteiger partial charge >= 0.3 is 0 Å². The second kappa shape index (κ2) is 8.94. The third kappa shape index (κ3) is 4.32. The number of furan rings is 1. The first-order chi connectivity index (χ1) is 15.5. The number of hydrogen-bond acceptors (Lipinski definition) is 3. The molecule has 5 heteroatoms. The van der Waals surface area contributed by atoms with E-state index in [1.165, 1.54) is 6.26 Å². The van der Waals surface area contributed by atoms with Crippen LogP contribution in [0.15, 0.2) is 102 Å². The summed E-state index contributed by atoms with van der Waals surface area (Å²) in [6, 6.07) is 28.2. The SMILES string of the molecule is Cc1ccc(C(=O)NC(C)(c2ccccc2)c2ccccc2)cc1NC(=O)c1ccco1. The standard InChI is InChI=1S/C27H24N2O3/c1-19-15-16-20(18-23(19)28-26(31)24-14-9-17-32-24)25(30)29-27(2,21-10-5-3-6-11-21)22-12-7-4-8-13-22/h3-18H,1-2H3,(H,28,31)(H,29,30). The average Bonchev–Trinajstić information content (AvgIpc) is 3.37. The van der Waals surface area contributed by atoms with Crippen molar-refractivity contribution in [3.63, 3.8) is 0 Å². The van der Waals surface area contributed by atoms with E-state index in [4.69, 9.17) is 4.42 Å². The van der Waals surface area contributed by atoms with E-state index in [1.54, 1.807) is 24.3 Å². The third-order valence-electron chi connectivity index (χ3n) is 5.56. The first-order valence-electron chi connectivity index (χ1n) is 10.4. The van der Waals surface area contributed by atoms with Gasteiger partial charge in [0.25, 0.3) is 11.8 Å². The number of aryl methyl sites for hydroxylation is 1. The maximum atomic E-state index is 13.3. The van der Waals surface area contributed by atoms with Gasteiger partial charge in [-0.3, -0.25) is 9.59 Å². The fourth-order valence-corrected chi connectivity index (χ4v) is 3.64. The van der Waals surface area contributed by atoms with Crippen LogP contribution in [0.2, 0.25) is 0 Å². The molecule has 160 valence electrons. The number of anilines is 1. The molecule has 0 saturated heterocycles. The molecule has 0 aliphatic carbocycles. The fraction of sp³-hybridized carbons (Fsp3) is 0.111. The molecule has 0 fully saturated rings. The van der Waals surface area contributed by atoms with Crippen molar-refractivity contribution in [3.05, 3.63) is 125 Å². The van der Waals surface area contributed by atoms with E-state index in [1.807, 2.05) is 80.6 Å². The van der Waals surface area contributed by atoms with Crippen molar-refractivity contribution in [2.45, 2.75) is 19.4 Å². The number of amides is 2. The minimum Gasteiger partial charge on any atom is -0.459 e. The maximum Gasteiger partial charge on any atom is 0.291 e. The largest absolute Gasteiger partial charge is 0.459 e. The van der Waals surface area contributed by atoms with Crippen molar-refractivity contribution in [2.24, 2.45) is 0 Å². The molecule has 4 rings (SSSR count). The molecule has 0 atom stereocenters. The van der Waals surface area contributed by atoms with Gasteiger partial charge in [-0.2, -0.15) is 0 Å². The Kier molecular flexibility index (Phi) is 5.90. The van der Waals surface area contributed by atoms with Crippen molar-refractivity contribution < 1.29 is 14.0 Å². The Balaban J connectivity index is 1.64. The van der Waals surface area contributed by atoms with Gasteiger partial charge in [0.15, 0.2) is 5.76 Å². The Labute approximate surface area is 187 Å². The summed E-state index contributed by atoms with van der Waals surface area (Å²) < 4.78 is 5.16. The van der Waals surface area contributed by atoms with E-state index < -0.39 is 5.54 Å². The van der Waals surface area contributed by atoms with E-state index in [0.717, 1.165) is 16.7 Å². The zero-order valence-corrected chi connectivity index (χ0v) is 18.0. The number of hydrogen-bond donors (Lipinski definition) is 2. The first-order valence-corrected chi connectivity index (χ1v) is 10.4. The van der Waals surface area contributed by atoms with Gasteiger partial charge in [0.05, 0.1) is 11.8 Å². The van der Waals surface area contributed by atoms with Crippen LogP contribution in [0.1, 0.15) is 44.5 Å². The molecule has 3 aromatic carbocycles. The van der Waals surface area contributed by atoms with Crippen molar-refractivity contribution in [2.75, 3.05) is 5.32 Å². The Morgan fingerprint density at radius 1 is 0.781 bits per heavy atom. The molecule has 0 aliphatic heterocycles. The van der Waals surface area contributed by atoms with Gasteiger partial charge in [0.2, 0.25) is 0 Å². The molecule has 0 radical (unpaired) electrons. The van der Waals surface area contributed by atoms with E-state index >= 15 is 0 Å².